The van der Waals surface area contributed by atoms with Gasteiger partial charge in [0.2, 0.25) is 6.08 Å². The van der Waals surface area contributed by atoms with Gasteiger partial charge in [0.25, 0.3) is 0 Å². The molecule has 0 amide bonds. The second-order valence-corrected chi connectivity index (χ2v) is 4.30. The van der Waals surface area contributed by atoms with Crippen LogP contribution in [0.4, 0.5) is 5.69 Å². The van der Waals surface area contributed by atoms with E-state index < -0.39 is 0 Å². The van der Waals surface area contributed by atoms with Crippen LogP contribution in [-0.2, 0) is 4.79 Å². The van der Waals surface area contributed by atoms with E-state index >= 15 is 0 Å². The monoisotopic (exact) mass is 243 g/mol. The van der Waals surface area contributed by atoms with Gasteiger partial charge in [-0.1, -0.05) is 15.9 Å². The molecule has 4 heteroatoms. The fourth-order valence-corrected chi connectivity index (χ4v) is 1.98. The minimum absolute atomic E-state index is 0.643. The quantitative estimate of drug-likeness (QED) is 0.354. The van der Waals surface area contributed by atoms with Crippen LogP contribution in [0.3, 0.4) is 0 Å². The molecule has 12 heavy (non-hydrogen) atoms. The zero-order valence-corrected chi connectivity index (χ0v) is 8.56. The van der Waals surface area contributed by atoms with Gasteiger partial charge in [0.15, 0.2) is 0 Å². The Hall–Kier alpha value is -0.570. The Bertz CT molecular complexity index is 292. The van der Waals surface area contributed by atoms with Crippen LogP contribution in [-0.4, -0.2) is 10.7 Å². The molecule has 0 aliphatic carbocycles. The summed E-state index contributed by atoms with van der Waals surface area (Å²) in [5.74, 6) is 0. The normalized spacial score (nSPS) is 9.08. The number of halogens is 1. The molecule has 0 aliphatic heterocycles. The average molecular weight is 244 g/mol. The number of hydrogen-bond donors (Lipinski definition) is 0. The van der Waals surface area contributed by atoms with E-state index in [1.54, 1.807) is 23.9 Å². The molecule has 62 valence electrons. The molecule has 2 nitrogen and oxygen atoms in total. The number of alkyl halides is 1. The number of carbonyl (C=O) groups excluding carboxylic acids is 1. The van der Waals surface area contributed by atoms with Crippen molar-refractivity contribution in [1.29, 1.82) is 0 Å². The molecule has 1 rings (SSSR count). The van der Waals surface area contributed by atoms with Crippen LogP contribution in [0.15, 0.2) is 34.2 Å². The Morgan fingerprint density at radius 3 is 2.58 bits per heavy atom. The highest BCUT2D eigenvalue weighted by Gasteiger charge is 1.91. The SMILES string of the molecule is O=C=Nc1ccc(SCBr)cc1. The van der Waals surface area contributed by atoms with Crippen molar-refractivity contribution < 1.29 is 4.79 Å². The van der Waals surface area contributed by atoms with Crippen molar-refractivity contribution in [3.63, 3.8) is 0 Å². The molecule has 1 aromatic carbocycles. The highest BCUT2D eigenvalue weighted by molar-refractivity contribution is 9.11. The number of aliphatic imine (C=N–C) groups is 1. The third-order valence-corrected chi connectivity index (χ3v) is 2.63. The number of benzene rings is 1. The summed E-state index contributed by atoms with van der Waals surface area (Å²) in [7, 11) is 0. The number of isocyanates is 1. The Labute approximate surface area is 83.2 Å². The first-order chi connectivity index (χ1) is 5.86. The van der Waals surface area contributed by atoms with E-state index in [1.165, 1.54) is 6.08 Å². The Morgan fingerprint density at radius 1 is 1.42 bits per heavy atom. The van der Waals surface area contributed by atoms with Crippen LogP contribution in [0.25, 0.3) is 0 Å². The largest absolute Gasteiger partial charge is 0.240 e. The maximum Gasteiger partial charge on any atom is 0.240 e. The molecule has 0 N–H and O–H groups in total. The van der Waals surface area contributed by atoms with E-state index in [9.17, 15) is 4.79 Å². The van der Waals surface area contributed by atoms with Crippen molar-refractivity contribution in [2.45, 2.75) is 4.90 Å². The maximum absolute atomic E-state index is 9.88. The van der Waals surface area contributed by atoms with Crippen LogP contribution in [0.2, 0.25) is 0 Å². The van der Waals surface area contributed by atoms with E-state index in [4.69, 9.17) is 0 Å². The highest BCUT2D eigenvalue weighted by Crippen LogP contribution is 2.22. The van der Waals surface area contributed by atoms with E-state index in [0.717, 1.165) is 9.56 Å². The van der Waals surface area contributed by atoms with Gasteiger partial charge in [0, 0.05) is 4.90 Å². The number of rotatable bonds is 3. The third-order valence-electron chi connectivity index (χ3n) is 1.23. The molecule has 0 fully saturated rings. The van der Waals surface area contributed by atoms with E-state index in [1.807, 2.05) is 12.1 Å². The summed E-state index contributed by atoms with van der Waals surface area (Å²) in [6, 6.07) is 7.41. The summed E-state index contributed by atoms with van der Waals surface area (Å²) in [6.45, 7) is 0. The van der Waals surface area contributed by atoms with Gasteiger partial charge in [-0.25, -0.2) is 4.79 Å². The van der Waals surface area contributed by atoms with E-state index in [-0.39, 0.29) is 0 Å². The molecule has 0 unspecified atom stereocenters. The van der Waals surface area contributed by atoms with Crippen molar-refractivity contribution in [2.75, 3.05) is 4.66 Å². The first-order valence-electron chi connectivity index (χ1n) is 3.23. The molecule has 0 heterocycles. The van der Waals surface area contributed by atoms with Gasteiger partial charge in [-0.3, -0.25) is 0 Å². The molecule has 0 aromatic heterocycles. The number of thioether (sulfide) groups is 1. The second kappa shape index (κ2) is 5.14. The Morgan fingerprint density at radius 2 is 2.08 bits per heavy atom. The molecule has 0 radical (unpaired) electrons. The average Bonchev–Trinajstić information content (AvgIpc) is 2.09. The van der Waals surface area contributed by atoms with Crippen LogP contribution in [0, 0.1) is 0 Å². The lowest BCUT2D eigenvalue weighted by atomic mass is 10.3. The molecular formula is C8H6BrNOS. The smallest absolute Gasteiger partial charge is 0.211 e. The van der Waals surface area contributed by atoms with Crippen LogP contribution in [0.5, 0.6) is 0 Å². The number of nitrogens with zero attached hydrogens (tertiary/aromatic N) is 1. The van der Waals surface area contributed by atoms with E-state index in [0.29, 0.717) is 5.69 Å². The van der Waals surface area contributed by atoms with Gasteiger partial charge in [-0.05, 0) is 24.3 Å². The summed E-state index contributed by atoms with van der Waals surface area (Å²) in [5, 5.41) is 0. The van der Waals surface area contributed by atoms with Gasteiger partial charge in [-0.2, -0.15) is 4.99 Å². The molecule has 0 saturated heterocycles. The fourth-order valence-electron chi connectivity index (χ4n) is 0.733. The fraction of sp³-hybridized carbons (Fsp3) is 0.125. The maximum atomic E-state index is 9.88. The molecule has 0 aliphatic rings. The highest BCUT2D eigenvalue weighted by atomic mass is 79.9. The number of hydrogen-bond acceptors (Lipinski definition) is 3. The van der Waals surface area contributed by atoms with Crippen molar-refractivity contribution in [3.05, 3.63) is 24.3 Å². The zero-order valence-electron chi connectivity index (χ0n) is 6.16. The van der Waals surface area contributed by atoms with Crippen molar-refractivity contribution in [3.8, 4) is 0 Å². The lowest BCUT2D eigenvalue weighted by Gasteiger charge is -1.95. The first-order valence-corrected chi connectivity index (χ1v) is 5.34. The summed E-state index contributed by atoms with van der Waals surface area (Å²) in [6.07, 6.45) is 1.49. The van der Waals surface area contributed by atoms with Crippen molar-refractivity contribution in [1.82, 2.24) is 0 Å². The predicted molar refractivity (Wildman–Crippen MR) is 53.9 cm³/mol. The second-order valence-electron chi connectivity index (χ2n) is 1.95. The minimum Gasteiger partial charge on any atom is -0.211 e. The first kappa shape index (κ1) is 9.52. The summed E-state index contributed by atoms with van der Waals surface area (Å²) in [4.78, 5) is 14.5. The molecule has 0 saturated carbocycles. The lowest BCUT2D eigenvalue weighted by molar-refractivity contribution is 0.565. The molecule has 0 atom stereocenters. The van der Waals surface area contributed by atoms with Gasteiger partial charge < -0.3 is 0 Å². The standard InChI is InChI=1S/C8H6BrNOS/c9-5-12-8-3-1-7(2-4-8)10-6-11/h1-4H,5H2. The third kappa shape index (κ3) is 2.81. The zero-order chi connectivity index (χ0) is 8.81. The summed E-state index contributed by atoms with van der Waals surface area (Å²) < 4.78 is 0.864. The molecule has 1 aromatic rings. The Kier molecular flexibility index (Phi) is 4.08. The molecule has 0 bridgehead atoms. The van der Waals surface area contributed by atoms with Gasteiger partial charge in [-0.15, -0.1) is 11.8 Å². The summed E-state index contributed by atoms with van der Waals surface area (Å²) >= 11 is 4.99. The van der Waals surface area contributed by atoms with Crippen LogP contribution in [0.1, 0.15) is 0 Å². The van der Waals surface area contributed by atoms with E-state index in [2.05, 4.69) is 20.9 Å². The van der Waals surface area contributed by atoms with Gasteiger partial charge in [0.05, 0.1) is 10.3 Å². The van der Waals surface area contributed by atoms with Gasteiger partial charge >= 0.3 is 0 Å². The predicted octanol–water partition coefficient (Wildman–Crippen LogP) is 3.10. The summed E-state index contributed by atoms with van der Waals surface area (Å²) in [5.41, 5.74) is 0.643. The molecular weight excluding hydrogens is 238 g/mol. The topological polar surface area (TPSA) is 29.4 Å². The Balaban J connectivity index is 2.77. The lowest BCUT2D eigenvalue weighted by Crippen LogP contribution is -1.69. The van der Waals surface area contributed by atoms with Crippen molar-refractivity contribution in [2.24, 2.45) is 4.99 Å². The minimum atomic E-state index is 0.643. The van der Waals surface area contributed by atoms with Crippen LogP contribution >= 0.6 is 27.7 Å². The van der Waals surface area contributed by atoms with Gasteiger partial charge in [0.1, 0.15) is 0 Å². The van der Waals surface area contributed by atoms with Crippen LogP contribution < -0.4 is 0 Å². The van der Waals surface area contributed by atoms with Crippen molar-refractivity contribution >= 4 is 39.5 Å². The molecule has 0 spiro atoms.